The van der Waals surface area contributed by atoms with E-state index >= 15 is 0 Å². The third-order valence-corrected chi connectivity index (χ3v) is 3.96. The maximum atomic E-state index is 3.56. The van der Waals surface area contributed by atoms with E-state index in [0.29, 0.717) is 0 Å². The molecule has 0 bridgehead atoms. The van der Waals surface area contributed by atoms with Crippen LogP contribution in [0.2, 0.25) is 0 Å². The van der Waals surface area contributed by atoms with Crippen LogP contribution in [0.1, 0.15) is 140 Å². The molecule has 1 aliphatic rings. The lowest BCUT2D eigenvalue weighted by Crippen LogP contribution is -2.18. The number of hydrogen-bond donors (Lipinski definition) is 0. The third kappa shape index (κ3) is 50.0. The Kier molecular flexibility index (Phi) is 35.8. The predicted molar refractivity (Wildman–Crippen MR) is 137 cm³/mol. The quantitative estimate of drug-likeness (QED) is 0.405. The van der Waals surface area contributed by atoms with Gasteiger partial charge in [-0.15, -0.1) is 13.2 Å². The topological polar surface area (TPSA) is 0 Å². The van der Waals surface area contributed by atoms with Gasteiger partial charge in [0.05, 0.1) is 0 Å². The standard InChI is InChI=1S/C11H22.C5H12.C4H10.2C4H8/c1-3-7-11-9-6-5-8-10(11)4-2;1-3-5-4-2;3*1-4(2)3/h10-11H,3-9H2,1-2H3;3-5H2,1-2H3;4H,1-3H3;2*1H2,2-3H3. The Hall–Kier alpha value is -0.520. The Morgan fingerprint density at radius 2 is 1.04 bits per heavy atom. The first-order valence-corrected chi connectivity index (χ1v) is 12.2. The summed E-state index contributed by atoms with van der Waals surface area (Å²) < 4.78 is 0. The van der Waals surface area contributed by atoms with E-state index in [-0.39, 0.29) is 0 Å². The summed E-state index contributed by atoms with van der Waals surface area (Å²) in [5, 5.41) is 0. The van der Waals surface area contributed by atoms with Crippen molar-refractivity contribution in [2.45, 2.75) is 140 Å². The highest BCUT2D eigenvalue weighted by atomic mass is 14.3. The van der Waals surface area contributed by atoms with E-state index in [9.17, 15) is 0 Å². The molecule has 0 aromatic carbocycles. The molecular weight excluding hydrogens is 336 g/mol. The van der Waals surface area contributed by atoms with E-state index in [1.54, 1.807) is 0 Å². The molecule has 2 atom stereocenters. The number of hydrogen-bond acceptors (Lipinski definition) is 0. The first kappa shape index (κ1) is 35.0. The van der Waals surface area contributed by atoms with Crippen molar-refractivity contribution in [1.29, 1.82) is 0 Å². The van der Waals surface area contributed by atoms with Gasteiger partial charge < -0.3 is 0 Å². The molecule has 1 aliphatic carbocycles. The van der Waals surface area contributed by atoms with E-state index in [1.807, 2.05) is 27.7 Å². The van der Waals surface area contributed by atoms with E-state index in [4.69, 9.17) is 0 Å². The molecule has 0 radical (unpaired) electrons. The van der Waals surface area contributed by atoms with Crippen molar-refractivity contribution in [3.63, 3.8) is 0 Å². The second kappa shape index (κ2) is 28.7. The van der Waals surface area contributed by atoms with Gasteiger partial charge in [-0.05, 0) is 45.4 Å². The van der Waals surface area contributed by atoms with Gasteiger partial charge in [0.2, 0.25) is 0 Å². The predicted octanol–water partition coefficient (Wildman–Crippen LogP) is 11.0. The fourth-order valence-corrected chi connectivity index (χ4v) is 2.93. The fraction of sp³-hybridized carbons (Fsp3) is 0.857. The maximum absolute atomic E-state index is 3.56. The molecule has 1 saturated carbocycles. The highest BCUT2D eigenvalue weighted by Crippen LogP contribution is 2.34. The monoisotopic (exact) mass is 396 g/mol. The van der Waals surface area contributed by atoms with Crippen molar-refractivity contribution in [1.82, 2.24) is 0 Å². The molecule has 0 aliphatic heterocycles. The van der Waals surface area contributed by atoms with Gasteiger partial charge in [0.1, 0.15) is 0 Å². The molecule has 2 unspecified atom stereocenters. The van der Waals surface area contributed by atoms with Crippen LogP contribution in [0.15, 0.2) is 24.3 Å². The van der Waals surface area contributed by atoms with Crippen molar-refractivity contribution in [2.75, 3.05) is 0 Å². The van der Waals surface area contributed by atoms with E-state index < -0.39 is 0 Å². The van der Waals surface area contributed by atoms with Crippen LogP contribution >= 0.6 is 0 Å². The smallest absolute Gasteiger partial charge is 0.0386 e. The molecule has 28 heavy (non-hydrogen) atoms. The Morgan fingerprint density at radius 3 is 1.25 bits per heavy atom. The summed E-state index contributed by atoms with van der Waals surface area (Å²) >= 11 is 0. The molecule has 0 saturated heterocycles. The third-order valence-electron chi connectivity index (χ3n) is 3.96. The van der Waals surface area contributed by atoms with E-state index in [2.05, 4.69) is 61.6 Å². The minimum absolute atomic E-state index is 0.833. The first-order valence-electron chi connectivity index (χ1n) is 12.2. The van der Waals surface area contributed by atoms with Gasteiger partial charge in [0.15, 0.2) is 0 Å². The van der Waals surface area contributed by atoms with Gasteiger partial charge >= 0.3 is 0 Å². The summed E-state index contributed by atoms with van der Waals surface area (Å²) in [4.78, 5) is 0. The highest BCUT2D eigenvalue weighted by Gasteiger charge is 2.22. The summed E-state index contributed by atoms with van der Waals surface area (Å²) in [5.74, 6) is 2.99. The van der Waals surface area contributed by atoms with Crippen molar-refractivity contribution in [3.8, 4) is 0 Å². The molecule has 0 heterocycles. The Morgan fingerprint density at radius 1 is 0.714 bits per heavy atom. The van der Waals surface area contributed by atoms with Crippen LogP contribution in [0.5, 0.6) is 0 Å². The summed E-state index contributed by atoms with van der Waals surface area (Å²) in [6, 6.07) is 0. The lowest BCUT2D eigenvalue weighted by Gasteiger charge is -2.30. The van der Waals surface area contributed by atoms with Crippen molar-refractivity contribution >= 4 is 0 Å². The van der Waals surface area contributed by atoms with Gasteiger partial charge in [-0.1, -0.05) is 124 Å². The maximum Gasteiger partial charge on any atom is -0.0386 e. The number of rotatable bonds is 5. The number of allylic oxidation sites excluding steroid dienone is 2. The van der Waals surface area contributed by atoms with Gasteiger partial charge in [-0.25, -0.2) is 0 Å². The Labute approximate surface area is 182 Å². The Balaban J connectivity index is -0.000000144. The van der Waals surface area contributed by atoms with Gasteiger partial charge in [0.25, 0.3) is 0 Å². The lowest BCUT2D eigenvalue weighted by atomic mass is 9.76. The first-order chi connectivity index (χ1) is 13.0. The molecule has 0 spiro atoms. The summed E-state index contributed by atoms with van der Waals surface area (Å²) in [5.41, 5.74) is 2.33. The van der Waals surface area contributed by atoms with Crippen LogP contribution in [0.3, 0.4) is 0 Å². The summed E-state index contributed by atoms with van der Waals surface area (Å²) in [7, 11) is 0. The van der Waals surface area contributed by atoms with Crippen LogP contribution in [0.4, 0.5) is 0 Å². The summed E-state index contributed by atoms with van der Waals surface area (Å²) in [6.45, 7) is 30.6. The molecular formula is C28H60. The number of unbranched alkanes of at least 4 members (excludes halogenated alkanes) is 2. The molecule has 172 valence electrons. The molecule has 0 N–H and O–H groups in total. The van der Waals surface area contributed by atoms with Gasteiger partial charge in [-0.2, -0.15) is 0 Å². The van der Waals surface area contributed by atoms with Crippen LogP contribution < -0.4 is 0 Å². The van der Waals surface area contributed by atoms with Crippen LogP contribution in [0.25, 0.3) is 0 Å². The SMILES string of the molecule is C=C(C)C.C=C(C)C.CC(C)C.CCCC1CCCCC1CC.CCCCC. The molecule has 0 aromatic rings. The normalized spacial score (nSPS) is 17.3. The second-order valence-electron chi connectivity index (χ2n) is 9.50. The Bertz CT molecular complexity index is 270. The molecule has 0 amide bonds. The van der Waals surface area contributed by atoms with Crippen molar-refractivity contribution in [2.24, 2.45) is 17.8 Å². The highest BCUT2D eigenvalue weighted by molar-refractivity contribution is 4.79. The van der Waals surface area contributed by atoms with Crippen LogP contribution in [-0.4, -0.2) is 0 Å². The van der Waals surface area contributed by atoms with Gasteiger partial charge in [0, 0.05) is 0 Å². The van der Waals surface area contributed by atoms with Crippen molar-refractivity contribution < 1.29 is 0 Å². The fourth-order valence-electron chi connectivity index (χ4n) is 2.93. The zero-order chi connectivity index (χ0) is 23.0. The average molecular weight is 397 g/mol. The minimum Gasteiger partial charge on any atom is -0.100 e. The molecule has 1 fully saturated rings. The van der Waals surface area contributed by atoms with Crippen molar-refractivity contribution in [3.05, 3.63) is 24.3 Å². The summed E-state index contributed by atoms with van der Waals surface area (Å²) in [6.07, 6.45) is 14.4. The zero-order valence-electron chi connectivity index (χ0n) is 22.2. The molecule has 1 rings (SSSR count). The van der Waals surface area contributed by atoms with Crippen LogP contribution in [-0.2, 0) is 0 Å². The minimum atomic E-state index is 0.833. The average Bonchev–Trinajstić information content (AvgIpc) is 2.55. The second-order valence-corrected chi connectivity index (χ2v) is 9.50. The molecule has 0 nitrogen and oxygen atoms in total. The van der Waals surface area contributed by atoms with Gasteiger partial charge in [-0.3, -0.25) is 0 Å². The van der Waals surface area contributed by atoms with E-state index in [1.165, 1.54) is 75.4 Å². The largest absolute Gasteiger partial charge is 0.100 e. The zero-order valence-corrected chi connectivity index (χ0v) is 22.2. The molecule has 0 heteroatoms. The molecule has 0 aromatic heterocycles. The van der Waals surface area contributed by atoms with E-state index in [0.717, 1.165) is 17.8 Å². The lowest BCUT2D eigenvalue weighted by molar-refractivity contribution is 0.216. The van der Waals surface area contributed by atoms with Crippen LogP contribution in [0, 0.1) is 17.8 Å².